The molecular formula is C17H24N2O2. The molecule has 0 aromatic heterocycles. The van der Waals surface area contributed by atoms with Gasteiger partial charge >= 0.3 is 0 Å². The molecule has 4 heteroatoms. The summed E-state index contributed by atoms with van der Waals surface area (Å²) in [6.07, 6.45) is 2.55. The van der Waals surface area contributed by atoms with Crippen molar-refractivity contribution in [1.29, 1.82) is 0 Å². The van der Waals surface area contributed by atoms with E-state index in [-0.39, 0.29) is 12.0 Å². The summed E-state index contributed by atoms with van der Waals surface area (Å²) in [5, 5.41) is 3.18. The summed E-state index contributed by atoms with van der Waals surface area (Å²) in [6.45, 7) is 5.91. The van der Waals surface area contributed by atoms with Crippen LogP contribution < -0.4 is 10.1 Å². The first kappa shape index (κ1) is 14.4. The van der Waals surface area contributed by atoms with Crippen molar-refractivity contribution in [2.75, 3.05) is 20.1 Å². The topological polar surface area (TPSA) is 41.6 Å². The van der Waals surface area contributed by atoms with Crippen LogP contribution in [0.15, 0.2) is 12.1 Å². The molecule has 2 atom stereocenters. The zero-order valence-corrected chi connectivity index (χ0v) is 13.1. The average Bonchev–Trinajstić information content (AvgIpc) is 3.06. The molecule has 2 unspecified atom stereocenters. The van der Waals surface area contributed by atoms with E-state index in [1.54, 1.807) is 0 Å². The fourth-order valence-electron chi connectivity index (χ4n) is 3.41. The van der Waals surface area contributed by atoms with Gasteiger partial charge in [-0.15, -0.1) is 0 Å². The van der Waals surface area contributed by atoms with Crippen molar-refractivity contribution in [3.05, 3.63) is 28.8 Å². The molecule has 1 saturated heterocycles. The van der Waals surface area contributed by atoms with E-state index < -0.39 is 0 Å². The number of aryl methyl sites for hydroxylation is 2. The van der Waals surface area contributed by atoms with Gasteiger partial charge in [-0.05, 0) is 56.5 Å². The van der Waals surface area contributed by atoms with Gasteiger partial charge in [0, 0.05) is 25.6 Å². The predicted octanol–water partition coefficient (Wildman–Crippen LogP) is 1.82. The molecule has 1 N–H and O–H groups in total. The maximum absolute atomic E-state index is 12.7. The Kier molecular flexibility index (Phi) is 3.89. The highest BCUT2D eigenvalue weighted by Gasteiger charge is 2.37. The van der Waals surface area contributed by atoms with Gasteiger partial charge in [-0.3, -0.25) is 4.79 Å². The van der Waals surface area contributed by atoms with E-state index in [1.165, 1.54) is 16.7 Å². The molecule has 114 valence electrons. The van der Waals surface area contributed by atoms with E-state index >= 15 is 0 Å². The highest BCUT2D eigenvalue weighted by molar-refractivity contribution is 5.83. The summed E-state index contributed by atoms with van der Waals surface area (Å²) in [5.41, 5.74) is 3.65. The number of amides is 1. The number of hydrogen-bond acceptors (Lipinski definition) is 3. The first-order valence-corrected chi connectivity index (χ1v) is 7.82. The number of rotatable bonds is 3. The fourth-order valence-corrected chi connectivity index (χ4v) is 3.41. The van der Waals surface area contributed by atoms with E-state index in [4.69, 9.17) is 4.74 Å². The first-order valence-electron chi connectivity index (χ1n) is 7.82. The number of hydrogen-bond donors (Lipinski definition) is 1. The predicted molar refractivity (Wildman–Crippen MR) is 82.7 cm³/mol. The lowest BCUT2D eigenvalue weighted by atomic mass is 10.0. The zero-order valence-electron chi connectivity index (χ0n) is 13.1. The second kappa shape index (κ2) is 5.68. The quantitative estimate of drug-likeness (QED) is 0.922. The van der Waals surface area contributed by atoms with E-state index in [2.05, 4.69) is 31.3 Å². The first-order chi connectivity index (χ1) is 10.1. The highest BCUT2D eigenvalue weighted by atomic mass is 16.5. The summed E-state index contributed by atoms with van der Waals surface area (Å²) >= 11 is 0. The molecule has 0 spiro atoms. The minimum absolute atomic E-state index is 0.152. The second-order valence-corrected chi connectivity index (χ2v) is 6.24. The SMILES string of the molecule is CNCC1CCCN1C(=O)C1Cc2cc(C)c(C)cc2O1. The fraction of sp³-hybridized carbons (Fsp3) is 0.588. The summed E-state index contributed by atoms with van der Waals surface area (Å²) in [7, 11) is 1.94. The summed E-state index contributed by atoms with van der Waals surface area (Å²) < 4.78 is 5.93. The van der Waals surface area contributed by atoms with Crippen LogP contribution in [0.4, 0.5) is 0 Å². The maximum Gasteiger partial charge on any atom is 0.264 e. The lowest BCUT2D eigenvalue weighted by Crippen LogP contribution is -2.46. The molecule has 0 bridgehead atoms. The Morgan fingerprint density at radius 2 is 2.14 bits per heavy atom. The van der Waals surface area contributed by atoms with Gasteiger partial charge < -0.3 is 15.0 Å². The number of likely N-dealkylation sites (N-methyl/N-ethyl adjacent to an activating group) is 1. The second-order valence-electron chi connectivity index (χ2n) is 6.24. The third-order valence-corrected chi connectivity index (χ3v) is 4.73. The molecule has 3 rings (SSSR count). The van der Waals surface area contributed by atoms with Crippen LogP contribution in [0.3, 0.4) is 0 Å². The molecule has 2 aliphatic rings. The van der Waals surface area contributed by atoms with Crippen molar-refractivity contribution in [3.63, 3.8) is 0 Å². The minimum atomic E-state index is -0.335. The smallest absolute Gasteiger partial charge is 0.264 e. The Balaban J connectivity index is 1.73. The molecule has 2 heterocycles. The van der Waals surface area contributed by atoms with E-state index in [0.717, 1.165) is 31.7 Å². The lowest BCUT2D eigenvalue weighted by molar-refractivity contribution is -0.138. The molecule has 2 aliphatic heterocycles. The zero-order chi connectivity index (χ0) is 15.0. The molecule has 1 fully saturated rings. The van der Waals surface area contributed by atoms with Gasteiger partial charge in [0.25, 0.3) is 5.91 Å². The molecule has 0 radical (unpaired) electrons. The summed E-state index contributed by atoms with van der Waals surface area (Å²) in [4.78, 5) is 14.8. The van der Waals surface area contributed by atoms with Crippen LogP contribution in [0.2, 0.25) is 0 Å². The van der Waals surface area contributed by atoms with E-state index in [9.17, 15) is 4.79 Å². The summed E-state index contributed by atoms with van der Waals surface area (Å²) in [5.74, 6) is 1.04. The van der Waals surface area contributed by atoms with Crippen molar-refractivity contribution in [2.24, 2.45) is 0 Å². The Hall–Kier alpha value is -1.55. The van der Waals surface area contributed by atoms with Crippen molar-refractivity contribution in [2.45, 2.75) is 45.3 Å². The third-order valence-electron chi connectivity index (χ3n) is 4.73. The average molecular weight is 288 g/mol. The standard InChI is InChI=1S/C17H24N2O2/c1-11-7-13-9-16(21-15(13)8-12(11)2)17(20)19-6-4-5-14(19)10-18-3/h7-8,14,16,18H,4-6,9-10H2,1-3H3. The number of nitrogens with one attached hydrogen (secondary N) is 1. The van der Waals surface area contributed by atoms with Crippen LogP contribution in [0.1, 0.15) is 29.5 Å². The van der Waals surface area contributed by atoms with Gasteiger partial charge in [-0.25, -0.2) is 0 Å². The Morgan fingerprint density at radius 1 is 1.38 bits per heavy atom. The van der Waals surface area contributed by atoms with E-state index in [1.807, 2.05) is 11.9 Å². The van der Waals surface area contributed by atoms with Crippen LogP contribution in [0.5, 0.6) is 5.75 Å². The highest BCUT2D eigenvalue weighted by Crippen LogP contribution is 2.33. The van der Waals surface area contributed by atoms with Gasteiger partial charge in [-0.2, -0.15) is 0 Å². The molecule has 1 aromatic rings. The number of carbonyl (C=O) groups excluding carboxylic acids is 1. The van der Waals surface area contributed by atoms with Crippen LogP contribution in [0, 0.1) is 13.8 Å². The van der Waals surface area contributed by atoms with Gasteiger partial charge in [0.15, 0.2) is 6.10 Å². The molecule has 4 nitrogen and oxygen atoms in total. The number of likely N-dealkylation sites (tertiary alicyclic amines) is 1. The molecule has 21 heavy (non-hydrogen) atoms. The lowest BCUT2D eigenvalue weighted by Gasteiger charge is -2.26. The molecular weight excluding hydrogens is 264 g/mol. The van der Waals surface area contributed by atoms with Crippen LogP contribution in [-0.4, -0.2) is 43.1 Å². The van der Waals surface area contributed by atoms with Gasteiger partial charge in [0.2, 0.25) is 0 Å². The number of benzene rings is 1. The monoisotopic (exact) mass is 288 g/mol. The van der Waals surface area contributed by atoms with Crippen molar-refractivity contribution >= 4 is 5.91 Å². The number of nitrogens with zero attached hydrogens (tertiary/aromatic N) is 1. The third kappa shape index (κ3) is 2.64. The van der Waals surface area contributed by atoms with Crippen LogP contribution in [-0.2, 0) is 11.2 Å². The maximum atomic E-state index is 12.7. The van der Waals surface area contributed by atoms with E-state index in [0.29, 0.717) is 12.5 Å². The van der Waals surface area contributed by atoms with Crippen molar-refractivity contribution in [1.82, 2.24) is 10.2 Å². The Labute approximate surface area is 126 Å². The Bertz CT molecular complexity index is 525. The van der Waals surface area contributed by atoms with Gasteiger partial charge in [0.05, 0.1) is 0 Å². The Morgan fingerprint density at radius 3 is 2.90 bits per heavy atom. The molecule has 0 saturated carbocycles. The normalized spacial score (nSPS) is 24.0. The van der Waals surface area contributed by atoms with Crippen molar-refractivity contribution in [3.8, 4) is 5.75 Å². The summed E-state index contributed by atoms with van der Waals surface area (Å²) in [6, 6.07) is 4.54. The van der Waals surface area contributed by atoms with Crippen LogP contribution >= 0.6 is 0 Å². The largest absolute Gasteiger partial charge is 0.480 e. The van der Waals surface area contributed by atoms with Crippen LogP contribution in [0.25, 0.3) is 0 Å². The number of carbonyl (C=O) groups is 1. The number of fused-ring (bicyclic) bond motifs is 1. The number of ether oxygens (including phenoxy) is 1. The molecule has 1 aromatic carbocycles. The minimum Gasteiger partial charge on any atom is -0.480 e. The molecule has 1 amide bonds. The van der Waals surface area contributed by atoms with Crippen molar-refractivity contribution < 1.29 is 9.53 Å². The molecule has 0 aliphatic carbocycles. The van der Waals surface area contributed by atoms with Gasteiger partial charge in [-0.1, -0.05) is 6.07 Å². The van der Waals surface area contributed by atoms with Gasteiger partial charge in [0.1, 0.15) is 5.75 Å².